The number of carbonyl (C=O) groups excluding carboxylic acids is 2. The standard InChI is InChI=1S/C12H17NO4S/c1-5-17-12(15)9-6-7(2)18-11(9)13-10(14)8(3)16-4/h6,8H,5H2,1-4H3,(H,13,14). The molecule has 6 heteroatoms. The predicted molar refractivity (Wildman–Crippen MR) is 70.1 cm³/mol. The number of carbonyl (C=O) groups is 2. The molecule has 1 aromatic heterocycles. The van der Waals surface area contributed by atoms with Gasteiger partial charge in [0.15, 0.2) is 0 Å². The molecule has 0 aliphatic rings. The van der Waals surface area contributed by atoms with Crippen molar-refractivity contribution in [2.75, 3.05) is 19.0 Å². The van der Waals surface area contributed by atoms with Crippen molar-refractivity contribution in [1.82, 2.24) is 0 Å². The Hall–Kier alpha value is -1.40. The van der Waals surface area contributed by atoms with E-state index in [4.69, 9.17) is 9.47 Å². The van der Waals surface area contributed by atoms with Crippen LogP contribution in [-0.4, -0.2) is 31.7 Å². The van der Waals surface area contributed by atoms with Gasteiger partial charge < -0.3 is 14.8 Å². The number of amides is 1. The molecule has 1 atom stereocenters. The van der Waals surface area contributed by atoms with Crippen LogP contribution in [0.5, 0.6) is 0 Å². The molecule has 0 bridgehead atoms. The molecule has 1 amide bonds. The Morgan fingerprint density at radius 2 is 2.17 bits per heavy atom. The quantitative estimate of drug-likeness (QED) is 0.834. The molecule has 1 aromatic rings. The minimum absolute atomic E-state index is 0.287. The summed E-state index contributed by atoms with van der Waals surface area (Å²) in [7, 11) is 1.45. The maximum absolute atomic E-state index is 11.7. The second-order valence-electron chi connectivity index (χ2n) is 3.69. The highest BCUT2D eigenvalue weighted by molar-refractivity contribution is 7.16. The number of aryl methyl sites for hydroxylation is 1. The van der Waals surface area contributed by atoms with Gasteiger partial charge in [-0.25, -0.2) is 4.79 Å². The van der Waals surface area contributed by atoms with Crippen LogP contribution in [0.3, 0.4) is 0 Å². The van der Waals surface area contributed by atoms with Crippen LogP contribution in [0.1, 0.15) is 29.1 Å². The van der Waals surface area contributed by atoms with Gasteiger partial charge in [0, 0.05) is 12.0 Å². The summed E-state index contributed by atoms with van der Waals surface area (Å²) in [6, 6.07) is 1.70. The maximum atomic E-state index is 11.7. The molecule has 1 unspecified atom stereocenters. The van der Waals surface area contributed by atoms with E-state index in [1.54, 1.807) is 19.9 Å². The van der Waals surface area contributed by atoms with Crippen LogP contribution in [0.2, 0.25) is 0 Å². The molecule has 0 saturated heterocycles. The van der Waals surface area contributed by atoms with Gasteiger partial charge in [0.1, 0.15) is 11.1 Å². The molecule has 0 saturated carbocycles. The third-order valence-electron chi connectivity index (χ3n) is 2.31. The van der Waals surface area contributed by atoms with Gasteiger partial charge >= 0.3 is 5.97 Å². The zero-order valence-corrected chi connectivity index (χ0v) is 11.7. The van der Waals surface area contributed by atoms with E-state index in [1.165, 1.54) is 18.4 Å². The average Bonchev–Trinajstić information content (AvgIpc) is 2.69. The number of esters is 1. The lowest BCUT2D eigenvalue weighted by Crippen LogP contribution is -2.26. The van der Waals surface area contributed by atoms with Crippen LogP contribution in [0.4, 0.5) is 5.00 Å². The number of nitrogens with one attached hydrogen (secondary N) is 1. The van der Waals surface area contributed by atoms with Crippen LogP contribution in [-0.2, 0) is 14.3 Å². The lowest BCUT2D eigenvalue weighted by Gasteiger charge is -2.10. The average molecular weight is 271 g/mol. The molecule has 1 rings (SSSR count). The first-order valence-electron chi connectivity index (χ1n) is 5.60. The van der Waals surface area contributed by atoms with Gasteiger partial charge in [-0.2, -0.15) is 0 Å². The Morgan fingerprint density at radius 3 is 2.72 bits per heavy atom. The Bertz CT molecular complexity index is 441. The lowest BCUT2D eigenvalue weighted by molar-refractivity contribution is -0.124. The monoisotopic (exact) mass is 271 g/mol. The number of anilines is 1. The van der Waals surface area contributed by atoms with Crippen molar-refractivity contribution in [2.24, 2.45) is 0 Å². The first-order valence-corrected chi connectivity index (χ1v) is 6.42. The first-order chi connectivity index (χ1) is 8.49. The Morgan fingerprint density at radius 1 is 1.50 bits per heavy atom. The molecule has 0 spiro atoms. The molecule has 18 heavy (non-hydrogen) atoms. The number of hydrogen-bond donors (Lipinski definition) is 1. The highest BCUT2D eigenvalue weighted by Gasteiger charge is 2.20. The number of thiophene rings is 1. The van der Waals surface area contributed by atoms with Crippen molar-refractivity contribution in [3.8, 4) is 0 Å². The van der Waals surface area contributed by atoms with Crippen LogP contribution >= 0.6 is 11.3 Å². The summed E-state index contributed by atoms with van der Waals surface area (Å²) in [6.07, 6.45) is -0.567. The van der Waals surface area contributed by atoms with Gasteiger partial charge in [0.2, 0.25) is 0 Å². The summed E-state index contributed by atoms with van der Waals surface area (Å²) in [5.41, 5.74) is 0.385. The zero-order chi connectivity index (χ0) is 13.7. The Balaban J connectivity index is 2.88. The lowest BCUT2D eigenvalue weighted by atomic mass is 10.3. The normalized spacial score (nSPS) is 12.0. The third kappa shape index (κ3) is 3.54. The fraction of sp³-hybridized carbons (Fsp3) is 0.500. The summed E-state index contributed by atoms with van der Waals surface area (Å²) in [5, 5.41) is 3.17. The highest BCUT2D eigenvalue weighted by Crippen LogP contribution is 2.28. The van der Waals surface area contributed by atoms with E-state index in [0.717, 1.165) is 4.88 Å². The van der Waals surface area contributed by atoms with Crippen molar-refractivity contribution >= 4 is 28.2 Å². The second kappa shape index (κ2) is 6.51. The summed E-state index contributed by atoms with van der Waals surface area (Å²) < 4.78 is 9.85. The zero-order valence-electron chi connectivity index (χ0n) is 10.9. The maximum Gasteiger partial charge on any atom is 0.341 e. The molecule has 0 radical (unpaired) electrons. The van der Waals surface area contributed by atoms with Gasteiger partial charge in [-0.05, 0) is 26.8 Å². The van der Waals surface area contributed by atoms with E-state index >= 15 is 0 Å². The summed E-state index contributed by atoms with van der Waals surface area (Å²) in [6.45, 7) is 5.54. The van der Waals surface area contributed by atoms with Gasteiger partial charge in [-0.1, -0.05) is 0 Å². The number of hydrogen-bond acceptors (Lipinski definition) is 5. The highest BCUT2D eigenvalue weighted by atomic mass is 32.1. The van der Waals surface area contributed by atoms with Gasteiger partial charge in [0.25, 0.3) is 5.91 Å². The summed E-state index contributed by atoms with van der Waals surface area (Å²) >= 11 is 1.34. The SMILES string of the molecule is CCOC(=O)c1cc(C)sc1NC(=O)C(C)OC. The second-order valence-corrected chi connectivity index (χ2v) is 4.94. The fourth-order valence-corrected chi connectivity index (χ4v) is 2.19. The molecular formula is C12H17NO4S. The molecular weight excluding hydrogens is 254 g/mol. The molecule has 0 fully saturated rings. The molecule has 1 N–H and O–H groups in total. The molecule has 0 aromatic carbocycles. The van der Waals surface area contributed by atoms with Crippen LogP contribution in [0.25, 0.3) is 0 Å². The van der Waals surface area contributed by atoms with E-state index in [-0.39, 0.29) is 5.91 Å². The Labute approximate surface area is 110 Å². The number of rotatable bonds is 5. The van der Waals surface area contributed by atoms with Crippen LogP contribution < -0.4 is 5.32 Å². The van der Waals surface area contributed by atoms with Crippen molar-refractivity contribution in [2.45, 2.75) is 26.9 Å². The Kier molecular flexibility index (Phi) is 5.30. The van der Waals surface area contributed by atoms with Crippen LogP contribution in [0, 0.1) is 6.92 Å². The topological polar surface area (TPSA) is 64.6 Å². The molecule has 100 valence electrons. The van der Waals surface area contributed by atoms with E-state index in [1.807, 2.05) is 6.92 Å². The van der Waals surface area contributed by atoms with E-state index in [0.29, 0.717) is 17.2 Å². The van der Waals surface area contributed by atoms with Crippen molar-refractivity contribution in [3.05, 3.63) is 16.5 Å². The minimum Gasteiger partial charge on any atom is -0.462 e. The smallest absolute Gasteiger partial charge is 0.341 e. The van der Waals surface area contributed by atoms with Crippen molar-refractivity contribution < 1.29 is 19.1 Å². The van der Waals surface area contributed by atoms with Crippen molar-refractivity contribution in [3.63, 3.8) is 0 Å². The molecule has 0 aliphatic carbocycles. The minimum atomic E-state index is -0.567. The van der Waals surface area contributed by atoms with Gasteiger partial charge in [0.05, 0.1) is 12.2 Å². The first kappa shape index (κ1) is 14.7. The van der Waals surface area contributed by atoms with Gasteiger partial charge in [-0.15, -0.1) is 11.3 Å². The van der Waals surface area contributed by atoms with E-state index in [2.05, 4.69) is 5.32 Å². The van der Waals surface area contributed by atoms with Crippen molar-refractivity contribution in [1.29, 1.82) is 0 Å². The number of methoxy groups -OCH3 is 1. The number of ether oxygens (including phenoxy) is 2. The summed E-state index contributed by atoms with van der Waals surface area (Å²) in [5.74, 6) is -0.716. The largest absolute Gasteiger partial charge is 0.462 e. The third-order valence-corrected chi connectivity index (χ3v) is 3.28. The van der Waals surface area contributed by atoms with Gasteiger partial charge in [-0.3, -0.25) is 4.79 Å². The molecule has 0 aliphatic heterocycles. The molecule has 5 nitrogen and oxygen atoms in total. The fourth-order valence-electron chi connectivity index (χ4n) is 1.29. The van der Waals surface area contributed by atoms with Crippen LogP contribution in [0.15, 0.2) is 6.07 Å². The van der Waals surface area contributed by atoms with E-state index < -0.39 is 12.1 Å². The predicted octanol–water partition coefficient (Wildman–Crippen LogP) is 2.21. The van der Waals surface area contributed by atoms with E-state index in [9.17, 15) is 9.59 Å². The molecule has 1 heterocycles. The summed E-state index contributed by atoms with van der Waals surface area (Å²) in [4.78, 5) is 24.3.